The average molecular weight is 300 g/mol. The molecule has 1 aromatic carbocycles. The number of rotatable bonds is 3. The molecule has 0 aliphatic carbocycles. The van der Waals surface area contributed by atoms with Gasteiger partial charge >= 0.3 is 0 Å². The Labute approximate surface area is 106 Å². The van der Waals surface area contributed by atoms with Gasteiger partial charge in [0.05, 0.1) is 0 Å². The summed E-state index contributed by atoms with van der Waals surface area (Å²) in [4.78, 5) is 1.23. The van der Waals surface area contributed by atoms with Crippen molar-refractivity contribution in [3.8, 4) is 0 Å². The molecule has 1 aromatic heterocycles. The Morgan fingerprint density at radius 3 is 2.87 bits per heavy atom. The number of hydrogen-bond donors (Lipinski definition) is 1. The first-order valence-electron chi connectivity index (χ1n) is 4.44. The van der Waals surface area contributed by atoms with Crippen molar-refractivity contribution in [1.29, 1.82) is 0 Å². The summed E-state index contributed by atoms with van der Waals surface area (Å²) in [6.07, 6.45) is 0. The number of thiophene rings is 1. The van der Waals surface area contributed by atoms with Crippen molar-refractivity contribution in [2.45, 2.75) is 10.6 Å². The van der Waals surface area contributed by atoms with Gasteiger partial charge in [-0.25, -0.2) is 0 Å². The number of halogens is 1. The number of hydrogen-bond acceptors (Lipinski definition) is 3. The molecule has 0 atom stereocenters. The highest BCUT2D eigenvalue weighted by Crippen LogP contribution is 2.31. The van der Waals surface area contributed by atoms with Gasteiger partial charge in [-0.1, -0.05) is 0 Å². The van der Waals surface area contributed by atoms with Crippen LogP contribution in [0, 0.1) is 0 Å². The number of anilines is 1. The standard InChI is InChI=1S/C11H10BrNS2/c12-10-5-9(13)1-2-11(10)15-7-8-3-4-14-6-8/h1-6H,7,13H2. The molecule has 0 saturated carbocycles. The van der Waals surface area contributed by atoms with E-state index in [-0.39, 0.29) is 0 Å². The van der Waals surface area contributed by atoms with Gasteiger partial charge < -0.3 is 5.73 Å². The molecule has 0 radical (unpaired) electrons. The molecule has 2 N–H and O–H groups in total. The van der Waals surface area contributed by atoms with E-state index < -0.39 is 0 Å². The second-order valence-electron chi connectivity index (χ2n) is 3.11. The minimum absolute atomic E-state index is 0.793. The molecule has 1 heterocycles. The first-order valence-corrected chi connectivity index (χ1v) is 7.17. The summed E-state index contributed by atoms with van der Waals surface area (Å²) in [5, 5.41) is 4.28. The molecule has 15 heavy (non-hydrogen) atoms. The molecule has 0 aliphatic rings. The normalized spacial score (nSPS) is 10.5. The summed E-state index contributed by atoms with van der Waals surface area (Å²) >= 11 is 7.07. The fraction of sp³-hybridized carbons (Fsp3) is 0.0909. The predicted octanol–water partition coefficient (Wildman–Crippen LogP) is 4.39. The average Bonchev–Trinajstić information content (AvgIpc) is 2.69. The van der Waals surface area contributed by atoms with E-state index in [1.165, 1.54) is 10.5 Å². The predicted molar refractivity (Wildman–Crippen MR) is 72.4 cm³/mol. The maximum atomic E-state index is 5.68. The van der Waals surface area contributed by atoms with Gasteiger partial charge in [0.1, 0.15) is 0 Å². The number of nitrogen functional groups attached to an aromatic ring is 1. The zero-order valence-corrected chi connectivity index (χ0v) is 11.2. The van der Waals surface area contributed by atoms with Gasteiger partial charge in [-0.15, -0.1) is 11.8 Å². The molecule has 0 spiro atoms. The van der Waals surface area contributed by atoms with Crippen LogP contribution >= 0.6 is 39.0 Å². The molecule has 2 aromatic rings. The highest BCUT2D eigenvalue weighted by molar-refractivity contribution is 9.10. The Morgan fingerprint density at radius 1 is 1.33 bits per heavy atom. The van der Waals surface area contributed by atoms with E-state index in [1.807, 2.05) is 23.9 Å². The first kappa shape index (κ1) is 11.0. The van der Waals surface area contributed by atoms with Crippen molar-refractivity contribution in [3.05, 3.63) is 45.1 Å². The zero-order chi connectivity index (χ0) is 10.7. The second kappa shape index (κ2) is 5.05. The smallest absolute Gasteiger partial charge is 0.0331 e. The first-order chi connectivity index (χ1) is 7.25. The summed E-state index contributed by atoms with van der Waals surface area (Å²) in [6, 6.07) is 8.08. The molecule has 0 amide bonds. The fourth-order valence-corrected chi connectivity index (χ4v) is 3.55. The van der Waals surface area contributed by atoms with Crippen molar-refractivity contribution in [3.63, 3.8) is 0 Å². The van der Waals surface area contributed by atoms with Crippen molar-refractivity contribution in [2.75, 3.05) is 5.73 Å². The number of nitrogens with two attached hydrogens (primary N) is 1. The molecule has 0 unspecified atom stereocenters. The van der Waals surface area contributed by atoms with Crippen LogP contribution in [0.1, 0.15) is 5.56 Å². The minimum atomic E-state index is 0.793. The van der Waals surface area contributed by atoms with Gasteiger partial charge in [-0.05, 0) is 56.5 Å². The van der Waals surface area contributed by atoms with Crippen LogP contribution in [-0.4, -0.2) is 0 Å². The molecule has 2 rings (SSSR count). The molecular formula is C11H10BrNS2. The second-order valence-corrected chi connectivity index (χ2v) is 5.76. The number of thioether (sulfide) groups is 1. The summed E-state index contributed by atoms with van der Waals surface area (Å²) in [6.45, 7) is 0. The van der Waals surface area contributed by atoms with Crippen LogP contribution in [0.3, 0.4) is 0 Å². The van der Waals surface area contributed by atoms with E-state index >= 15 is 0 Å². The number of benzene rings is 1. The molecule has 0 bridgehead atoms. The SMILES string of the molecule is Nc1ccc(SCc2ccsc2)c(Br)c1. The topological polar surface area (TPSA) is 26.0 Å². The van der Waals surface area contributed by atoms with Gasteiger partial charge in [0.15, 0.2) is 0 Å². The van der Waals surface area contributed by atoms with Gasteiger partial charge in [0, 0.05) is 20.8 Å². The van der Waals surface area contributed by atoms with Gasteiger partial charge in [0.2, 0.25) is 0 Å². The third-order valence-corrected chi connectivity index (χ3v) is 4.73. The third-order valence-electron chi connectivity index (χ3n) is 1.93. The van der Waals surface area contributed by atoms with Crippen molar-refractivity contribution >= 4 is 44.7 Å². The minimum Gasteiger partial charge on any atom is -0.399 e. The summed E-state index contributed by atoms with van der Waals surface area (Å²) in [7, 11) is 0. The van der Waals surface area contributed by atoms with Crippen LogP contribution in [-0.2, 0) is 5.75 Å². The van der Waals surface area contributed by atoms with Crippen LogP contribution in [0.2, 0.25) is 0 Å². The van der Waals surface area contributed by atoms with E-state index in [4.69, 9.17) is 5.73 Å². The lowest BCUT2D eigenvalue weighted by molar-refractivity contribution is 1.38. The molecule has 0 saturated heterocycles. The van der Waals surface area contributed by atoms with Crippen molar-refractivity contribution in [1.82, 2.24) is 0 Å². The molecule has 0 fully saturated rings. The zero-order valence-electron chi connectivity index (χ0n) is 7.94. The Kier molecular flexibility index (Phi) is 3.72. The molecule has 0 aliphatic heterocycles. The summed E-state index contributed by atoms with van der Waals surface area (Å²) in [5.41, 5.74) is 7.84. The summed E-state index contributed by atoms with van der Waals surface area (Å²) < 4.78 is 1.07. The summed E-state index contributed by atoms with van der Waals surface area (Å²) in [5.74, 6) is 1.01. The van der Waals surface area contributed by atoms with E-state index in [9.17, 15) is 0 Å². The van der Waals surface area contributed by atoms with Gasteiger partial charge in [0.25, 0.3) is 0 Å². The van der Waals surface area contributed by atoms with Crippen molar-refractivity contribution in [2.24, 2.45) is 0 Å². The van der Waals surface area contributed by atoms with Crippen LogP contribution in [0.4, 0.5) is 5.69 Å². The van der Waals surface area contributed by atoms with E-state index in [0.29, 0.717) is 0 Å². The Bertz CT molecular complexity index is 440. The molecule has 4 heteroatoms. The molecular weight excluding hydrogens is 290 g/mol. The van der Waals surface area contributed by atoms with Crippen LogP contribution in [0.15, 0.2) is 44.4 Å². The van der Waals surface area contributed by atoms with E-state index in [2.05, 4.69) is 38.8 Å². The Morgan fingerprint density at radius 2 is 2.20 bits per heavy atom. The lowest BCUT2D eigenvalue weighted by Crippen LogP contribution is -1.85. The lowest BCUT2D eigenvalue weighted by atomic mass is 10.3. The monoisotopic (exact) mass is 299 g/mol. The Hall–Kier alpha value is -0.450. The quantitative estimate of drug-likeness (QED) is 0.672. The fourth-order valence-electron chi connectivity index (χ4n) is 1.17. The molecule has 78 valence electrons. The van der Waals surface area contributed by atoms with E-state index in [1.54, 1.807) is 11.3 Å². The third kappa shape index (κ3) is 3.00. The molecule has 1 nitrogen and oxygen atoms in total. The van der Waals surface area contributed by atoms with Crippen LogP contribution in [0.5, 0.6) is 0 Å². The van der Waals surface area contributed by atoms with Crippen molar-refractivity contribution < 1.29 is 0 Å². The van der Waals surface area contributed by atoms with Crippen LogP contribution in [0.25, 0.3) is 0 Å². The highest BCUT2D eigenvalue weighted by atomic mass is 79.9. The highest BCUT2D eigenvalue weighted by Gasteiger charge is 2.01. The maximum Gasteiger partial charge on any atom is 0.0331 e. The van der Waals surface area contributed by atoms with Gasteiger partial charge in [-0.3, -0.25) is 0 Å². The van der Waals surface area contributed by atoms with Crippen LogP contribution < -0.4 is 5.73 Å². The largest absolute Gasteiger partial charge is 0.399 e. The lowest BCUT2D eigenvalue weighted by Gasteiger charge is -2.04. The Balaban J connectivity index is 2.05. The van der Waals surface area contributed by atoms with Gasteiger partial charge in [-0.2, -0.15) is 11.3 Å². The van der Waals surface area contributed by atoms with E-state index in [0.717, 1.165) is 15.9 Å². The maximum absolute atomic E-state index is 5.68.